The van der Waals surface area contributed by atoms with E-state index in [1.54, 1.807) is 36.3 Å². The van der Waals surface area contributed by atoms with Gasteiger partial charge in [-0.25, -0.2) is 8.42 Å². The highest BCUT2D eigenvalue weighted by atomic mass is 32.2. The lowest BCUT2D eigenvalue weighted by atomic mass is 10.1. The van der Waals surface area contributed by atoms with E-state index >= 15 is 0 Å². The van der Waals surface area contributed by atoms with Gasteiger partial charge in [-0.2, -0.15) is 0 Å². The van der Waals surface area contributed by atoms with Gasteiger partial charge in [0.15, 0.2) is 0 Å². The summed E-state index contributed by atoms with van der Waals surface area (Å²) < 4.78 is 26.7. The highest BCUT2D eigenvalue weighted by molar-refractivity contribution is 7.90. The Kier molecular flexibility index (Phi) is 4.90. The lowest BCUT2D eigenvalue weighted by Crippen LogP contribution is -2.38. The van der Waals surface area contributed by atoms with Gasteiger partial charge in [-0.05, 0) is 29.8 Å². The molecule has 9 heteroatoms. The molecule has 0 aromatic heterocycles. The Labute approximate surface area is 151 Å². The van der Waals surface area contributed by atoms with Gasteiger partial charge in [-0.3, -0.25) is 9.59 Å². The van der Waals surface area contributed by atoms with Crippen LogP contribution in [0.25, 0.3) is 0 Å². The van der Waals surface area contributed by atoms with Crippen LogP contribution in [0.5, 0.6) is 0 Å². The standard InChI is InChI=1S/C17H18N4O4S/c1-18-16(22)13-4-2-3-12(9-13)10-19-17(23)14-5-6-15-20-26(24,25)8-7-21(15)11-14/h2-6,9,11H,7-8,10H2,1H3,(H,18,22)(H,19,23). The summed E-state index contributed by atoms with van der Waals surface area (Å²) in [5, 5.41) is 5.34. The zero-order valence-corrected chi connectivity index (χ0v) is 14.9. The number of carbonyl (C=O) groups is 2. The van der Waals surface area contributed by atoms with Crippen molar-refractivity contribution >= 4 is 27.7 Å². The maximum Gasteiger partial charge on any atom is 0.256 e. The minimum atomic E-state index is -3.42. The van der Waals surface area contributed by atoms with Crippen LogP contribution in [-0.4, -0.2) is 50.3 Å². The molecule has 26 heavy (non-hydrogen) atoms. The monoisotopic (exact) mass is 374 g/mol. The molecule has 2 heterocycles. The molecule has 3 rings (SSSR count). The molecule has 0 atom stereocenters. The van der Waals surface area contributed by atoms with Crippen molar-refractivity contribution in [3.05, 3.63) is 59.3 Å². The number of amides is 2. The van der Waals surface area contributed by atoms with Crippen LogP contribution in [0.2, 0.25) is 0 Å². The summed E-state index contributed by atoms with van der Waals surface area (Å²) in [4.78, 5) is 25.6. The Hall–Kier alpha value is -2.94. The minimum Gasteiger partial charge on any atom is -0.355 e. The van der Waals surface area contributed by atoms with E-state index in [0.717, 1.165) is 5.56 Å². The highest BCUT2D eigenvalue weighted by Gasteiger charge is 2.24. The largest absolute Gasteiger partial charge is 0.355 e. The van der Waals surface area contributed by atoms with Crippen LogP contribution in [0.15, 0.2) is 52.6 Å². The van der Waals surface area contributed by atoms with Crippen molar-refractivity contribution in [2.75, 3.05) is 19.3 Å². The number of carbonyl (C=O) groups excluding carboxylic acids is 2. The molecular weight excluding hydrogens is 356 g/mol. The third-order valence-corrected chi connectivity index (χ3v) is 5.12. The van der Waals surface area contributed by atoms with Gasteiger partial charge in [0.05, 0.1) is 11.3 Å². The molecular formula is C17H18N4O4S. The second kappa shape index (κ2) is 7.12. The molecule has 0 saturated heterocycles. The van der Waals surface area contributed by atoms with Crippen molar-refractivity contribution in [3.63, 3.8) is 0 Å². The molecule has 0 saturated carbocycles. The minimum absolute atomic E-state index is 0.0813. The average molecular weight is 374 g/mol. The van der Waals surface area contributed by atoms with Gasteiger partial charge >= 0.3 is 0 Å². The molecule has 136 valence electrons. The molecule has 0 spiro atoms. The summed E-state index contributed by atoms with van der Waals surface area (Å²) in [6, 6.07) is 6.98. The lowest BCUT2D eigenvalue weighted by Gasteiger charge is -2.26. The molecule has 0 bridgehead atoms. The van der Waals surface area contributed by atoms with E-state index in [1.807, 2.05) is 6.07 Å². The number of nitrogens with one attached hydrogen (secondary N) is 2. The average Bonchev–Trinajstić information content (AvgIpc) is 2.64. The van der Waals surface area contributed by atoms with Gasteiger partial charge in [-0.15, -0.1) is 4.40 Å². The molecule has 1 aromatic rings. The summed E-state index contributed by atoms with van der Waals surface area (Å²) in [5.74, 6) is -0.254. The first-order chi connectivity index (χ1) is 12.4. The fourth-order valence-electron chi connectivity index (χ4n) is 2.59. The lowest BCUT2D eigenvalue weighted by molar-refractivity contribution is -0.117. The third kappa shape index (κ3) is 3.99. The topological polar surface area (TPSA) is 108 Å². The van der Waals surface area contributed by atoms with Crippen LogP contribution < -0.4 is 10.6 Å². The first-order valence-electron chi connectivity index (χ1n) is 7.96. The molecule has 1 aromatic carbocycles. The molecule has 8 nitrogen and oxygen atoms in total. The van der Waals surface area contributed by atoms with E-state index in [2.05, 4.69) is 15.0 Å². The Bertz CT molecular complexity index is 947. The highest BCUT2D eigenvalue weighted by Crippen LogP contribution is 2.16. The molecule has 2 aliphatic heterocycles. The number of benzene rings is 1. The number of hydrogen-bond donors (Lipinski definition) is 2. The van der Waals surface area contributed by atoms with E-state index in [1.165, 1.54) is 12.2 Å². The van der Waals surface area contributed by atoms with Crippen molar-refractivity contribution in [1.82, 2.24) is 15.5 Å². The number of amidine groups is 1. The normalized spacial score (nSPS) is 17.7. The number of rotatable bonds is 4. The number of sulfonamides is 1. The van der Waals surface area contributed by atoms with Gasteiger partial charge < -0.3 is 15.5 Å². The first-order valence-corrected chi connectivity index (χ1v) is 9.57. The van der Waals surface area contributed by atoms with Gasteiger partial charge in [0.25, 0.3) is 21.8 Å². The van der Waals surface area contributed by atoms with Gasteiger partial charge in [0, 0.05) is 31.9 Å². The summed E-state index contributed by atoms with van der Waals surface area (Å²) in [5.41, 5.74) is 1.73. The Balaban J connectivity index is 1.66. The number of nitrogens with zero attached hydrogens (tertiary/aromatic N) is 2. The van der Waals surface area contributed by atoms with Crippen molar-refractivity contribution in [3.8, 4) is 0 Å². The summed E-state index contributed by atoms with van der Waals surface area (Å²) >= 11 is 0. The fraction of sp³-hybridized carbons (Fsp3) is 0.235. The zero-order valence-electron chi connectivity index (χ0n) is 14.1. The molecule has 0 aliphatic carbocycles. The van der Waals surface area contributed by atoms with Gasteiger partial charge in [0.1, 0.15) is 5.84 Å². The van der Waals surface area contributed by atoms with E-state index in [9.17, 15) is 18.0 Å². The predicted molar refractivity (Wildman–Crippen MR) is 96.8 cm³/mol. The van der Waals surface area contributed by atoms with Crippen LogP contribution in [0.3, 0.4) is 0 Å². The van der Waals surface area contributed by atoms with Crippen LogP contribution in [0, 0.1) is 0 Å². The van der Waals surface area contributed by atoms with E-state index in [-0.39, 0.29) is 30.7 Å². The zero-order chi connectivity index (χ0) is 18.7. The quantitative estimate of drug-likeness (QED) is 0.781. The Morgan fingerprint density at radius 3 is 2.81 bits per heavy atom. The molecule has 2 aliphatic rings. The molecule has 0 radical (unpaired) electrons. The SMILES string of the molecule is CNC(=O)c1cccc(CNC(=O)C2=CN3CCS(=O)(=O)N=C3C=C2)c1. The molecule has 0 unspecified atom stereocenters. The van der Waals surface area contributed by atoms with Crippen LogP contribution in [0.4, 0.5) is 0 Å². The predicted octanol–water partition coefficient (Wildman–Crippen LogP) is 0.160. The van der Waals surface area contributed by atoms with Crippen LogP contribution in [0.1, 0.15) is 15.9 Å². The van der Waals surface area contributed by atoms with E-state index < -0.39 is 10.0 Å². The van der Waals surface area contributed by atoms with Crippen molar-refractivity contribution < 1.29 is 18.0 Å². The number of hydrogen-bond acceptors (Lipinski definition) is 5. The van der Waals surface area contributed by atoms with Gasteiger partial charge in [-0.1, -0.05) is 12.1 Å². The van der Waals surface area contributed by atoms with Crippen LogP contribution in [-0.2, 0) is 21.4 Å². The van der Waals surface area contributed by atoms with Crippen molar-refractivity contribution in [2.24, 2.45) is 4.40 Å². The molecule has 0 fully saturated rings. The maximum atomic E-state index is 12.4. The fourth-order valence-corrected chi connectivity index (χ4v) is 3.56. The summed E-state index contributed by atoms with van der Waals surface area (Å²) in [6.45, 7) is 0.528. The third-order valence-electron chi connectivity index (χ3n) is 3.96. The van der Waals surface area contributed by atoms with Crippen LogP contribution >= 0.6 is 0 Å². The van der Waals surface area contributed by atoms with E-state index in [4.69, 9.17) is 0 Å². The first kappa shape index (κ1) is 17.9. The Morgan fingerprint density at radius 1 is 1.23 bits per heavy atom. The Morgan fingerprint density at radius 2 is 2.04 bits per heavy atom. The second-order valence-electron chi connectivity index (χ2n) is 5.81. The van der Waals surface area contributed by atoms with Crippen molar-refractivity contribution in [2.45, 2.75) is 6.54 Å². The molecule has 2 N–H and O–H groups in total. The summed E-state index contributed by atoms with van der Waals surface area (Å²) in [7, 11) is -1.86. The second-order valence-corrected chi connectivity index (χ2v) is 7.56. The smallest absolute Gasteiger partial charge is 0.256 e. The number of fused-ring (bicyclic) bond motifs is 1. The maximum absolute atomic E-state index is 12.4. The van der Waals surface area contributed by atoms with Crippen molar-refractivity contribution in [1.29, 1.82) is 0 Å². The molecule has 2 amide bonds. The van der Waals surface area contributed by atoms with E-state index in [0.29, 0.717) is 17.0 Å². The van der Waals surface area contributed by atoms with Gasteiger partial charge in [0.2, 0.25) is 0 Å². The summed E-state index contributed by atoms with van der Waals surface area (Å²) in [6.07, 6.45) is 4.63.